The van der Waals surface area contributed by atoms with Crippen molar-refractivity contribution >= 4 is 22.5 Å². The predicted octanol–water partition coefficient (Wildman–Crippen LogP) is 3.42. The van der Waals surface area contributed by atoms with Crippen LogP contribution in [0, 0.1) is 0 Å². The summed E-state index contributed by atoms with van der Waals surface area (Å²) < 4.78 is 0. The van der Waals surface area contributed by atoms with Gasteiger partial charge in [-0.3, -0.25) is 4.98 Å². The summed E-state index contributed by atoms with van der Waals surface area (Å²) in [6, 6.07) is 14.7. The Morgan fingerprint density at radius 2 is 1.90 bits per heavy atom. The van der Waals surface area contributed by atoms with E-state index in [-0.39, 0.29) is 6.04 Å². The highest BCUT2D eigenvalue weighted by Gasteiger charge is 2.08. The second-order valence-corrected chi connectivity index (χ2v) is 5.61. The van der Waals surface area contributed by atoms with Gasteiger partial charge >= 0.3 is 0 Å². The Balaban J connectivity index is 1.73. The molecule has 0 aliphatic heterocycles. The Kier molecular flexibility index (Phi) is 3.95. The minimum atomic E-state index is -0.00777. The topological polar surface area (TPSA) is 51.8 Å². The molecular weight excluding hydrogens is 266 g/mol. The Morgan fingerprint density at radius 1 is 1.05 bits per heavy atom. The average Bonchev–Trinajstić information content (AvgIpc) is 2.53. The summed E-state index contributed by atoms with van der Waals surface area (Å²) >= 11 is 1.63. The van der Waals surface area contributed by atoms with E-state index in [0.717, 1.165) is 16.3 Å². The first-order valence-electron chi connectivity index (χ1n) is 6.46. The zero-order valence-corrected chi connectivity index (χ0v) is 11.8. The lowest BCUT2D eigenvalue weighted by molar-refractivity contribution is 0.831. The monoisotopic (exact) mass is 281 g/mol. The number of fused-ring (bicyclic) bond motifs is 1. The molecule has 4 heteroatoms. The molecule has 20 heavy (non-hydrogen) atoms. The van der Waals surface area contributed by atoms with Gasteiger partial charge in [0.15, 0.2) is 0 Å². The third-order valence-corrected chi connectivity index (χ3v) is 4.18. The minimum Gasteiger partial charge on any atom is -0.323 e. The summed E-state index contributed by atoms with van der Waals surface area (Å²) in [5.74, 6) is 0.789. The number of hydrogen-bond acceptors (Lipinski definition) is 4. The molecule has 0 saturated carbocycles. The molecule has 0 radical (unpaired) electrons. The highest BCUT2D eigenvalue weighted by molar-refractivity contribution is 7.99. The Labute approximate surface area is 122 Å². The first-order chi connectivity index (χ1) is 9.83. The van der Waals surface area contributed by atoms with Gasteiger partial charge in [-0.15, -0.1) is 11.8 Å². The first kappa shape index (κ1) is 13.1. The molecular formula is C16H15N3S. The van der Waals surface area contributed by atoms with Gasteiger partial charge in [0, 0.05) is 24.2 Å². The van der Waals surface area contributed by atoms with E-state index in [1.807, 2.05) is 12.1 Å². The van der Waals surface area contributed by atoms with Crippen molar-refractivity contribution in [1.82, 2.24) is 9.97 Å². The van der Waals surface area contributed by atoms with Crippen LogP contribution < -0.4 is 5.73 Å². The minimum absolute atomic E-state index is 0.00777. The number of hydrogen-bond donors (Lipinski definition) is 1. The highest BCUT2D eigenvalue weighted by Crippen LogP contribution is 2.24. The zero-order chi connectivity index (χ0) is 13.8. The summed E-state index contributed by atoms with van der Waals surface area (Å²) in [6.07, 6.45) is 5.13. The van der Waals surface area contributed by atoms with Crippen molar-refractivity contribution in [2.45, 2.75) is 11.1 Å². The van der Waals surface area contributed by atoms with Crippen LogP contribution in [0.3, 0.4) is 0 Å². The predicted molar refractivity (Wildman–Crippen MR) is 83.6 cm³/mol. The molecule has 0 aliphatic rings. The van der Waals surface area contributed by atoms with Crippen LogP contribution in [-0.4, -0.2) is 15.7 Å². The van der Waals surface area contributed by atoms with E-state index in [0.29, 0.717) is 0 Å². The van der Waals surface area contributed by atoms with Crippen molar-refractivity contribution in [3.63, 3.8) is 0 Å². The SMILES string of the molecule is NC(CSc1cnccn1)c1ccc2ccccc2c1. The van der Waals surface area contributed by atoms with Crippen LogP contribution in [0.4, 0.5) is 0 Å². The second kappa shape index (κ2) is 6.03. The van der Waals surface area contributed by atoms with E-state index in [1.54, 1.807) is 30.4 Å². The third kappa shape index (κ3) is 2.98. The zero-order valence-electron chi connectivity index (χ0n) is 10.9. The molecule has 0 bridgehead atoms. The van der Waals surface area contributed by atoms with Gasteiger partial charge in [0.05, 0.1) is 6.20 Å². The fourth-order valence-electron chi connectivity index (χ4n) is 2.07. The van der Waals surface area contributed by atoms with Crippen molar-refractivity contribution in [2.75, 3.05) is 5.75 Å². The molecule has 2 N–H and O–H groups in total. The van der Waals surface area contributed by atoms with Gasteiger partial charge in [-0.25, -0.2) is 4.98 Å². The lowest BCUT2D eigenvalue weighted by Gasteiger charge is -2.12. The Hall–Kier alpha value is -1.91. The van der Waals surface area contributed by atoms with E-state index >= 15 is 0 Å². The number of benzene rings is 2. The molecule has 0 aliphatic carbocycles. The molecule has 2 aromatic carbocycles. The van der Waals surface area contributed by atoms with Crippen LogP contribution in [0.15, 0.2) is 66.1 Å². The van der Waals surface area contributed by atoms with E-state index in [4.69, 9.17) is 5.73 Å². The maximum atomic E-state index is 6.26. The van der Waals surface area contributed by atoms with Crippen molar-refractivity contribution in [1.29, 1.82) is 0 Å². The molecule has 0 fully saturated rings. The number of thioether (sulfide) groups is 1. The molecule has 100 valence electrons. The fourth-order valence-corrected chi connectivity index (χ4v) is 2.88. The van der Waals surface area contributed by atoms with Crippen LogP contribution in [0.25, 0.3) is 10.8 Å². The summed E-state index contributed by atoms with van der Waals surface area (Å²) in [7, 11) is 0. The van der Waals surface area contributed by atoms with Crippen LogP contribution in [0.2, 0.25) is 0 Å². The molecule has 1 aromatic heterocycles. The second-order valence-electron chi connectivity index (χ2n) is 4.57. The van der Waals surface area contributed by atoms with Crippen LogP contribution in [0.1, 0.15) is 11.6 Å². The van der Waals surface area contributed by atoms with Crippen molar-refractivity contribution in [2.24, 2.45) is 5.73 Å². The molecule has 3 aromatic rings. The molecule has 0 amide bonds. The van der Waals surface area contributed by atoms with Gasteiger partial charge in [-0.05, 0) is 22.4 Å². The molecule has 3 nitrogen and oxygen atoms in total. The maximum Gasteiger partial charge on any atom is 0.114 e. The molecule has 3 rings (SSSR count). The van der Waals surface area contributed by atoms with Gasteiger partial charge in [0.1, 0.15) is 5.03 Å². The molecule has 0 spiro atoms. The third-order valence-electron chi connectivity index (χ3n) is 3.15. The number of nitrogens with zero attached hydrogens (tertiary/aromatic N) is 2. The van der Waals surface area contributed by atoms with Gasteiger partial charge in [-0.1, -0.05) is 36.4 Å². The quantitative estimate of drug-likeness (QED) is 0.744. The summed E-state index contributed by atoms with van der Waals surface area (Å²) in [5, 5.41) is 3.37. The van der Waals surface area contributed by atoms with E-state index in [2.05, 4.69) is 40.3 Å². The van der Waals surface area contributed by atoms with Crippen molar-refractivity contribution < 1.29 is 0 Å². The number of nitrogens with two attached hydrogens (primary N) is 1. The van der Waals surface area contributed by atoms with Gasteiger partial charge in [0.25, 0.3) is 0 Å². The standard InChI is InChI=1S/C16H15N3S/c17-15(11-20-16-10-18-7-8-19-16)14-6-5-12-3-1-2-4-13(12)9-14/h1-10,15H,11,17H2. The van der Waals surface area contributed by atoms with E-state index < -0.39 is 0 Å². The fraction of sp³-hybridized carbons (Fsp3) is 0.125. The smallest absolute Gasteiger partial charge is 0.114 e. The highest BCUT2D eigenvalue weighted by atomic mass is 32.2. The molecule has 0 saturated heterocycles. The average molecular weight is 281 g/mol. The Bertz CT molecular complexity index is 700. The molecule has 1 unspecified atom stereocenters. The lowest BCUT2D eigenvalue weighted by atomic mass is 10.0. The van der Waals surface area contributed by atoms with Gasteiger partial charge < -0.3 is 5.73 Å². The number of aromatic nitrogens is 2. The molecule has 1 atom stereocenters. The first-order valence-corrected chi connectivity index (χ1v) is 7.44. The van der Waals surface area contributed by atoms with E-state index in [1.165, 1.54) is 10.8 Å². The van der Waals surface area contributed by atoms with Crippen LogP contribution in [0.5, 0.6) is 0 Å². The summed E-state index contributed by atoms with van der Waals surface area (Å²) in [4.78, 5) is 8.29. The summed E-state index contributed by atoms with van der Waals surface area (Å²) in [5.41, 5.74) is 7.42. The lowest BCUT2D eigenvalue weighted by Crippen LogP contribution is -2.13. The van der Waals surface area contributed by atoms with Crippen LogP contribution in [-0.2, 0) is 0 Å². The van der Waals surface area contributed by atoms with E-state index in [9.17, 15) is 0 Å². The maximum absolute atomic E-state index is 6.26. The number of rotatable bonds is 4. The van der Waals surface area contributed by atoms with Crippen LogP contribution >= 0.6 is 11.8 Å². The summed E-state index contributed by atoms with van der Waals surface area (Å²) in [6.45, 7) is 0. The van der Waals surface area contributed by atoms with Crippen molar-refractivity contribution in [3.05, 3.63) is 66.6 Å². The van der Waals surface area contributed by atoms with Gasteiger partial charge in [-0.2, -0.15) is 0 Å². The normalized spacial score (nSPS) is 12.4. The largest absolute Gasteiger partial charge is 0.323 e. The molecule has 1 heterocycles. The van der Waals surface area contributed by atoms with Gasteiger partial charge in [0.2, 0.25) is 0 Å². The van der Waals surface area contributed by atoms with Crippen molar-refractivity contribution in [3.8, 4) is 0 Å². The Morgan fingerprint density at radius 3 is 2.70 bits per heavy atom.